The molecule has 0 saturated carbocycles. The predicted molar refractivity (Wildman–Crippen MR) is 194 cm³/mol. The molecule has 5 rings (SSSR count). The summed E-state index contributed by atoms with van der Waals surface area (Å²) in [6, 6.07) is 28.7. The molecule has 0 saturated heterocycles. The Balaban J connectivity index is 1.28. The molecule has 4 aromatic carbocycles. The maximum Gasteiger partial charge on any atom is 0.272 e. The van der Waals surface area contributed by atoms with Gasteiger partial charge >= 0.3 is 0 Å². The number of hydrogen-bond acceptors (Lipinski definition) is 6. The van der Waals surface area contributed by atoms with Crippen molar-refractivity contribution in [3.05, 3.63) is 134 Å². The lowest BCUT2D eigenvalue weighted by Crippen LogP contribution is -2.30. The number of rotatable bonds is 10. The number of carbonyl (C=O) groups is 3. The van der Waals surface area contributed by atoms with E-state index >= 15 is 0 Å². The zero-order chi connectivity index (χ0) is 33.5. The Bertz CT molecular complexity index is 1940. The van der Waals surface area contributed by atoms with E-state index in [4.69, 9.17) is 23.2 Å². The van der Waals surface area contributed by atoms with Crippen molar-refractivity contribution in [2.75, 3.05) is 10.6 Å². The van der Waals surface area contributed by atoms with Crippen LogP contribution in [0.15, 0.2) is 108 Å². The molecule has 0 bridgehead atoms. The van der Waals surface area contributed by atoms with E-state index in [2.05, 4.69) is 20.9 Å². The van der Waals surface area contributed by atoms with Gasteiger partial charge < -0.3 is 16.0 Å². The van der Waals surface area contributed by atoms with Crippen LogP contribution in [0.3, 0.4) is 0 Å². The van der Waals surface area contributed by atoms with Gasteiger partial charge in [-0.1, -0.05) is 83.4 Å². The molecular formula is C36H30Cl2N4O3S2. The second-order valence-corrected chi connectivity index (χ2v) is 14.0. The van der Waals surface area contributed by atoms with Crippen LogP contribution >= 0.6 is 46.3 Å². The van der Waals surface area contributed by atoms with Crippen molar-refractivity contribution in [1.82, 2.24) is 10.3 Å². The van der Waals surface area contributed by atoms with E-state index in [1.54, 1.807) is 73.7 Å². The molecule has 7 nitrogen and oxygen atoms in total. The maximum absolute atomic E-state index is 13.5. The highest BCUT2D eigenvalue weighted by molar-refractivity contribution is 8.00. The molecule has 1 heterocycles. The van der Waals surface area contributed by atoms with Gasteiger partial charge in [0.15, 0.2) is 5.13 Å². The number of halogens is 2. The second kappa shape index (κ2) is 15.5. The van der Waals surface area contributed by atoms with Crippen LogP contribution in [0.4, 0.5) is 10.8 Å². The molecular weight excluding hydrogens is 671 g/mol. The molecule has 0 aliphatic rings. The number of thioether (sulfide) groups is 1. The number of nitrogens with zero attached hydrogens (tertiary/aromatic N) is 1. The van der Waals surface area contributed by atoms with Crippen LogP contribution in [-0.4, -0.2) is 28.0 Å². The third-order valence-corrected chi connectivity index (χ3v) is 9.58. The molecule has 0 spiro atoms. The number of aryl methyl sites for hydroxylation is 2. The van der Waals surface area contributed by atoms with Crippen LogP contribution in [0.2, 0.25) is 10.0 Å². The molecule has 0 aliphatic heterocycles. The molecule has 5 aromatic rings. The van der Waals surface area contributed by atoms with Crippen molar-refractivity contribution in [3.63, 3.8) is 0 Å². The van der Waals surface area contributed by atoms with E-state index in [0.29, 0.717) is 32.0 Å². The SMILES string of the molecule is Cc1ccc(-c2nc(NC(=O)C(C)Sc3cccc(NC(=O)/C(=C\c4c(Cl)cccc4Cl)NC(=O)c4ccccc4)c3)sc2C)cc1. The minimum absolute atomic E-state index is 0.0524. The van der Waals surface area contributed by atoms with Gasteiger partial charge in [-0.2, -0.15) is 0 Å². The van der Waals surface area contributed by atoms with E-state index in [-0.39, 0.29) is 11.6 Å². The van der Waals surface area contributed by atoms with Gasteiger partial charge in [0.2, 0.25) is 5.91 Å². The summed E-state index contributed by atoms with van der Waals surface area (Å²) in [5.41, 5.74) is 4.19. The molecule has 3 amide bonds. The molecule has 3 N–H and O–H groups in total. The molecule has 0 radical (unpaired) electrons. The summed E-state index contributed by atoms with van der Waals surface area (Å²) >= 11 is 15.5. The lowest BCUT2D eigenvalue weighted by Gasteiger charge is -2.14. The third-order valence-electron chi connectivity index (χ3n) is 6.94. The van der Waals surface area contributed by atoms with E-state index in [9.17, 15) is 14.4 Å². The normalized spacial score (nSPS) is 11.9. The number of aromatic nitrogens is 1. The first-order chi connectivity index (χ1) is 22.6. The van der Waals surface area contributed by atoms with E-state index in [1.807, 2.05) is 44.2 Å². The van der Waals surface area contributed by atoms with Crippen LogP contribution < -0.4 is 16.0 Å². The fourth-order valence-electron chi connectivity index (χ4n) is 4.47. The van der Waals surface area contributed by atoms with Crippen LogP contribution in [0.1, 0.15) is 33.3 Å². The van der Waals surface area contributed by atoms with Crippen molar-refractivity contribution in [3.8, 4) is 11.3 Å². The highest BCUT2D eigenvalue weighted by atomic mass is 35.5. The molecule has 0 aliphatic carbocycles. The summed E-state index contributed by atoms with van der Waals surface area (Å²) in [6.45, 7) is 5.82. The predicted octanol–water partition coefficient (Wildman–Crippen LogP) is 9.26. The highest BCUT2D eigenvalue weighted by Crippen LogP contribution is 2.32. The Hall–Kier alpha value is -4.41. The molecule has 47 heavy (non-hydrogen) atoms. The fraction of sp³-hybridized carbons (Fsp3) is 0.111. The first-order valence-electron chi connectivity index (χ1n) is 14.5. The summed E-state index contributed by atoms with van der Waals surface area (Å²) in [6.07, 6.45) is 1.44. The minimum atomic E-state index is -0.582. The Labute approximate surface area is 291 Å². The Kier molecular flexibility index (Phi) is 11.2. The number of amides is 3. The fourth-order valence-corrected chi connectivity index (χ4v) is 6.75. The van der Waals surface area contributed by atoms with Crippen molar-refractivity contribution >= 4 is 80.9 Å². The van der Waals surface area contributed by atoms with E-state index in [1.165, 1.54) is 34.7 Å². The molecule has 11 heteroatoms. The summed E-state index contributed by atoms with van der Waals surface area (Å²) < 4.78 is 0. The highest BCUT2D eigenvalue weighted by Gasteiger charge is 2.20. The smallest absolute Gasteiger partial charge is 0.272 e. The Morgan fingerprint density at radius 3 is 2.23 bits per heavy atom. The number of benzene rings is 4. The summed E-state index contributed by atoms with van der Waals surface area (Å²) in [4.78, 5) is 46.1. The van der Waals surface area contributed by atoms with Crippen LogP contribution in [0, 0.1) is 13.8 Å². The van der Waals surface area contributed by atoms with Gasteiger partial charge in [0.05, 0.1) is 10.9 Å². The minimum Gasteiger partial charge on any atom is -0.321 e. The molecule has 1 unspecified atom stereocenters. The molecule has 1 aromatic heterocycles. The van der Waals surface area contributed by atoms with Gasteiger partial charge in [-0.25, -0.2) is 4.98 Å². The maximum atomic E-state index is 13.5. The summed E-state index contributed by atoms with van der Waals surface area (Å²) in [5, 5.41) is 9.18. The standard InChI is InChI=1S/C36H30Cl2N4O3S2/c1-21-15-17-24(18-16-21)32-22(2)47-36(41-32)42-33(43)23(3)46-27-12-7-11-26(19-27)39-35(45)31(20-28-29(37)13-8-14-30(28)38)40-34(44)25-9-5-4-6-10-25/h4-20,23H,1-3H3,(H,39,45)(H,40,44)(H,41,42,43)/b31-20+. The zero-order valence-corrected chi connectivity index (χ0v) is 28.8. The first kappa shape index (κ1) is 33.9. The Morgan fingerprint density at radius 2 is 1.53 bits per heavy atom. The summed E-state index contributed by atoms with van der Waals surface area (Å²) in [5.74, 6) is -1.25. The van der Waals surface area contributed by atoms with Gasteiger partial charge in [0, 0.05) is 42.2 Å². The van der Waals surface area contributed by atoms with Gasteiger partial charge in [0.1, 0.15) is 5.70 Å². The average molecular weight is 702 g/mol. The lowest BCUT2D eigenvalue weighted by molar-refractivity contribution is -0.115. The quantitative estimate of drug-likeness (QED) is 0.0996. The van der Waals surface area contributed by atoms with Crippen molar-refractivity contribution in [2.24, 2.45) is 0 Å². The number of thiazole rings is 1. The third kappa shape index (κ3) is 8.90. The number of anilines is 2. The average Bonchev–Trinajstić information content (AvgIpc) is 3.42. The number of hydrogen-bond donors (Lipinski definition) is 3. The summed E-state index contributed by atoms with van der Waals surface area (Å²) in [7, 11) is 0. The van der Waals surface area contributed by atoms with Gasteiger partial charge in [-0.15, -0.1) is 23.1 Å². The van der Waals surface area contributed by atoms with Crippen LogP contribution in [0.5, 0.6) is 0 Å². The monoisotopic (exact) mass is 700 g/mol. The van der Waals surface area contributed by atoms with Gasteiger partial charge in [-0.05, 0) is 69.3 Å². The molecule has 0 fully saturated rings. The number of nitrogens with one attached hydrogen (secondary N) is 3. The van der Waals surface area contributed by atoms with Gasteiger partial charge in [-0.3, -0.25) is 14.4 Å². The van der Waals surface area contributed by atoms with E-state index in [0.717, 1.165) is 21.0 Å². The lowest BCUT2D eigenvalue weighted by atomic mass is 10.1. The van der Waals surface area contributed by atoms with Crippen molar-refractivity contribution < 1.29 is 14.4 Å². The van der Waals surface area contributed by atoms with Crippen LogP contribution in [-0.2, 0) is 9.59 Å². The van der Waals surface area contributed by atoms with Crippen LogP contribution in [0.25, 0.3) is 17.3 Å². The molecule has 1 atom stereocenters. The number of carbonyl (C=O) groups excluding carboxylic acids is 3. The largest absolute Gasteiger partial charge is 0.321 e. The second-order valence-electron chi connectivity index (χ2n) is 10.5. The van der Waals surface area contributed by atoms with E-state index < -0.39 is 17.1 Å². The van der Waals surface area contributed by atoms with Gasteiger partial charge in [0.25, 0.3) is 11.8 Å². The zero-order valence-electron chi connectivity index (χ0n) is 25.6. The molecule has 238 valence electrons. The Morgan fingerprint density at radius 1 is 0.851 bits per heavy atom. The first-order valence-corrected chi connectivity index (χ1v) is 17.0. The van der Waals surface area contributed by atoms with Crippen molar-refractivity contribution in [1.29, 1.82) is 0 Å². The van der Waals surface area contributed by atoms with Crippen molar-refractivity contribution in [2.45, 2.75) is 30.9 Å². The topological polar surface area (TPSA) is 100 Å².